The van der Waals surface area contributed by atoms with Gasteiger partial charge in [-0.25, -0.2) is 0 Å². The predicted octanol–water partition coefficient (Wildman–Crippen LogP) is 1.23. The van der Waals surface area contributed by atoms with Gasteiger partial charge >= 0.3 is 0 Å². The molecule has 0 rings (SSSR count). The molecule has 0 aromatic carbocycles. The number of nitrogens with zero attached hydrogens (tertiary/aromatic N) is 1. The van der Waals surface area contributed by atoms with Gasteiger partial charge in [0.1, 0.15) is 7.11 Å². The van der Waals surface area contributed by atoms with Crippen LogP contribution in [0.1, 0.15) is 13.8 Å². The lowest BCUT2D eigenvalue weighted by Gasteiger charge is -1.88. The molecule has 0 N–H and O–H groups in total. The van der Waals surface area contributed by atoms with E-state index in [-0.39, 0.29) is 0 Å². The van der Waals surface area contributed by atoms with Gasteiger partial charge in [-0.2, -0.15) is 0 Å². The van der Waals surface area contributed by atoms with Crippen LogP contribution < -0.4 is 0 Å². The van der Waals surface area contributed by atoms with Crippen molar-refractivity contribution in [2.24, 2.45) is 5.16 Å². The molecule has 0 aliphatic rings. The molecule has 41 valence electrons. The molecule has 0 amide bonds. The molecule has 0 bridgehead atoms. The molecule has 0 heterocycles. The van der Waals surface area contributed by atoms with Crippen molar-refractivity contribution in [1.29, 1.82) is 0 Å². The SMILES string of the molecule is C[CH]/C(C)=N\OC. The Morgan fingerprint density at radius 2 is 2.29 bits per heavy atom. The lowest BCUT2D eigenvalue weighted by Crippen LogP contribution is -1.87. The van der Waals surface area contributed by atoms with Crippen LogP contribution in [0.15, 0.2) is 5.16 Å². The minimum absolute atomic E-state index is 0.905. The molecule has 2 heteroatoms. The Hall–Kier alpha value is -0.530. The second-order valence-electron chi connectivity index (χ2n) is 1.20. The summed E-state index contributed by atoms with van der Waals surface area (Å²) in [4.78, 5) is 4.45. The lowest BCUT2D eigenvalue weighted by atomic mass is 10.3. The number of hydrogen-bond acceptors (Lipinski definition) is 2. The van der Waals surface area contributed by atoms with Gasteiger partial charge in [-0.1, -0.05) is 12.1 Å². The van der Waals surface area contributed by atoms with Crippen LogP contribution in [0.3, 0.4) is 0 Å². The largest absolute Gasteiger partial charge is 0.399 e. The van der Waals surface area contributed by atoms with Gasteiger partial charge < -0.3 is 4.84 Å². The van der Waals surface area contributed by atoms with Crippen LogP contribution in [0.2, 0.25) is 0 Å². The maximum absolute atomic E-state index is 4.45. The summed E-state index contributed by atoms with van der Waals surface area (Å²) in [7, 11) is 1.53. The molecule has 0 aliphatic heterocycles. The molecular weight excluding hydrogens is 90.1 g/mol. The molecule has 0 unspecified atom stereocenters. The monoisotopic (exact) mass is 100 g/mol. The third kappa shape index (κ3) is 3.30. The zero-order valence-corrected chi connectivity index (χ0v) is 4.93. The summed E-state index contributed by atoms with van der Waals surface area (Å²) in [5, 5.41) is 3.60. The maximum Gasteiger partial charge on any atom is 0.106 e. The Morgan fingerprint density at radius 1 is 1.71 bits per heavy atom. The summed E-state index contributed by atoms with van der Waals surface area (Å²) in [5.41, 5.74) is 0.905. The highest BCUT2D eigenvalue weighted by molar-refractivity contribution is 5.88. The highest BCUT2D eigenvalue weighted by Crippen LogP contribution is 1.80. The Kier molecular flexibility index (Phi) is 3.38. The molecule has 0 atom stereocenters. The van der Waals surface area contributed by atoms with Gasteiger partial charge in [0, 0.05) is 6.42 Å². The summed E-state index contributed by atoms with van der Waals surface area (Å²) in [5.74, 6) is 0. The van der Waals surface area contributed by atoms with Gasteiger partial charge in [0.25, 0.3) is 0 Å². The average molecular weight is 100 g/mol. The van der Waals surface area contributed by atoms with E-state index in [4.69, 9.17) is 0 Å². The van der Waals surface area contributed by atoms with Crippen molar-refractivity contribution in [1.82, 2.24) is 0 Å². The minimum atomic E-state index is 0.905. The molecule has 0 aliphatic carbocycles. The second-order valence-corrected chi connectivity index (χ2v) is 1.20. The fourth-order valence-electron chi connectivity index (χ4n) is 0.197. The van der Waals surface area contributed by atoms with E-state index in [0.29, 0.717) is 0 Å². The van der Waals surface area contributed by atoms with E-state index in [1.165, 1.54) is 7.11 Å². The molecule has 2 nitrogen and oxygen atoms in total. The fraction of sp³-hybridized carbons (Fsp3) is 0.600. The summed E-state index contributed by atoms with van der Waals surface area (Å²) in [6.07, 6.45) is 1.88. The van der Waals surface area contributed by atoms with Gasteiger partial charge in [-0.3, -0.25) is 0 Å². The van der Waals surface area contributed by atoms with Crippen molar-refractivity contribution in [3.05, 3.63) is 6.42 Å². The van der Waals surface area contributed by atoms with Crippen molar-refractivity contribution in [2.75, 3.05) is 7.11 Å². The standard InChI is InChI=1S/C5H10NO/c1-4-5(2)6-7-3/h4H,1-3H3/b6-5-. The van der Waals surface area contributed by atoms with E-state index >= 15 is 0 Å². The van der Waals surface area contributed by atoms with Crippen LogP contribution in [-0.2, 0) is 4.84 Å². The summed E-state index contributed by atoms with van der Waals surface area (Å²) >= 11 is 0. The average Bonchev–Trinajstić information content (AvgIpc) is 1.68. The topological polar surface area (TPSA) is 21.6 Å². The molecule has 0 fully saturated rings. The van der Waals surface area contributed by atoms with Crippen molar-refractivity contribution in [2.45, 2.75) is 13.8 Å². The predicted molar refractivity (Wildman–Crippen MR) is 30.1 cm³/mol. The summed E-state index contributed by atoms with van der Waals surface area (Å²) < 4.78 is 0. The Bertz CT molecular complexity index is 68.5. The zero-order chi connectivity index (χ0) is 5.70. The number of hydrogen-bond donors (Lipinski definition) is 0. The van der Waals surface area contributed by atoms with E-state index in [1.807, 2.05) is 20.3 Å². The lowest BCUT2D eigenvalue weighted by molar-refractivity contribution is 0.213. The normalized spacial score (nSPS) is 11.6. The van der Waals surface area contributed by atoms with E-state index in [2.05, 4.69) is 9.99 Å². The smallest absolute Gasteiger partial charge is 0.106 e. The first-order valence-corrected chi connectivity index (χ1v) is 2.18. The van der Waals surface area contributed by atoms with Crippen LogP contribution in [0.4, 0.5) is 0 Å². The molecule has 0 aromatic heterocycles. The second kappa shape index (κ2) is 3.65. The van der Waals surface area contributed by atoms with Gasteiger partial charge in [0.2, 0.25) is 0 Å². The molecule has 1 radical (unpaired) electrons. The van der Waals surface area contributed by atoms with E-state index in [1.54, 1.807) is 0 Å². The minimum Gasteiger partial charge on any atom is -0.399 e. The number of oxime groups is 1. The van der Waals surface area contributed by atoms with Crippen molar-refractivity contribution >= 4 is 5.71 Å². The Morgan fingerprint density at radius 3 is 2.43 bits per heavy atom. The van der Waals surface area contributed by atoms with Gasteiger partial charge in [0.05, 0.1) is 5.71 Å². The van der Waals surface area contributed by atoms with Crippen molar-refractivity contribution in [3.63, 3.8) is 0 Å². The molecule has 0 saturated carbocycles. The molecular formula is C5H10NO. The quantitative estimate of drug-likeness (QED) is 0.378. The van der Waals surface area contributed by atoms with E-state index in [9.17, 15) is 0 Å². The summed E-state index contributed by atoms with van der Waals surface area (Å²) in [6.45, 7) is 3.79. The molecule has 7 heavy (non-hydrogen) atoms. The van der Waals surface area contributed by atoms with Crippen molar-refractivity contribution < 1.29 is 4.84 Å². The van der Waals surface area contributed by atoms with Crippen LogP contribution >= 0.6 is 0 Å². The third-order valence-electron chi connectivity index (χ3n) is 0.653. The van der Waals surface area contributed by atoms with Gasteiger partial charge in [0.15, 0.2) is 0 Å². The van der Waals surface area contributed by atoms with Crippen LogP contribution in [-0.4, -0.2) is 12.8 Å². The van der Waals surface area contributed by atoms with Crippen LogP contribution in [0.25, 0.3) is 0 Å². The Balaban J connectivity index is 3.29. The first-order valence-electron chi connectivity index (χ1n) is 2.18. The first-order chi connectivity index (χ1) is 3.31. The van der Waals surface area contributed by atoms with Crippen LogP contribution in [0.5, 0.6) is 0 Å². The zero-order valence-electron chi connectivity index (χ0n) is 4.93. The molecule has 0 saturated heterocycles. The fourth-order valence-corrected chi connectivity index (χ4v) is 0.197. The third-order valence-corrected chi connectivity index (χ3v) is 0.653. The van der Waals surface area contributed by atoms with Gasteiger partial charge in [-0.05, 0) is 6.92 Å². The summed E-state index contributed by atoms with van der Waals surface area (Å²) in [6, 6.07) is 0. The Labute approximate surface area is 44.2 Å². The highest BCUT2D eigenvalue weighted by atomic mass is 16.6. The maximum atomic E-state index is 4.45. The number of rotatable bonds is 2. The van der Waals surface area contributed by atoms with Crippen molar-refractivity contribution in [3.8, 4) is 0 Å². The molecule has 0 aromatic rings. The van der Waals surface area contributed by atoms with E-state index < -0.39 is 0 Å². The van der Waals surface area contributed by atoms with E-state index in [0.717, 1.165) is 5.71 Å². The first kappa shape index (κ1) is 6.47. The molecule has 0 spiro atoms. The van der Waals surface area contributed by atoms with Gasteiger partial charge in [-0.15, -0.1) is 0 Å². The van der Waals surface area contributed by atoms with Crippen LogP contribution in [0, 0.1) is 6.42 Å². The highest BCUT2D eigenvalue weighted by Gasteiger charge is 1.80.